The van der Waals surface area contributed by atoms with Gasteiger partial charge in [-0.3, -0.25) is 9.59 Å². The molecule has 0 aliphatic rings. The Balaban J connectivity index is 2.05. The zero-order chi connectivity index (χ0) is 21.8. The van der Waals surface area contributed by atoms with Crippen LogP contribution < -0.4 is 5.32 Å². The van der Waals surface area contributed by atoms with Gasteiger partial charge in [0.15, 0.2) is 0 Å². The van der Waals surface area contributed by atoms with Crippen LogP contribution in [0.25, 0.3) is 16.8 Å². The second-order valence-electron chi connectivity index (χ2n) is 6.93. The van der Waals surface area contributed by atoms with Crippen LogP contribution in [0.2, 0.25) is 0 Å². The molecular weight excluding hydrogens is 383 g/mol. The maximum Gasteiger partial charge on any atom is 0.253 e. The molecule has 3 rings (SSSR count). The number of hydrogen-bond donors (Lipinski definition) is 1. The topological polar surface area (TPSA) is 67.2 Å². The number of nitrogens with one attached hydrogen (secondary N) is 1. The molecule has 30 heavy (non-hydrogen) atoms. The van der Waals surface area contributed by atoms with E-state index in [1.165, 1.54) is 19.1 Å². The SMILES string of the molecule is CCN(CC)C(=O)c1ccc(-n2nc(C)c(-c3ccc(F)cc3)c2NC(C)=O)cc1. The summed E-state index contributed by atoms with van der Waals surface area (Å²) >= 11 is 0. The van der Waals surface area contributed by atoms with Crippen LogP contribution in [0.5, 0.6) is 0 Å². The minimum absolute atomic E-state index is 0.0303. The molecule has 0 spiro atoms. The molecule has 7 heteroatoms. The highest BCUT2D eigenvalue weighted by atomic mass is 19.1. The number of carbonyl (C=O) groups is 2. The number of aryl methyl sites for hydroxylation is 1. The average molecular weight is 408 g/mol. The molecule has 0 saturated carbocycles. The van der Waals surface area contributed by atoms with Crippen LogP contribution in [0.3, 0.4) is 0 Å². The standard InChI is InChI=1S/C23H25FN4O2/c1-5-27(6-2)23(30)18-9-13-20(14-10-18)28-22(25-16(4)29)21(15(3)26-28)17-7-11-19(24)12-8-17/h7-14H,5-6H2,1-4H3,(H,25,29). The van der Waals surface area contributed by atoms with Crippen LogP contribution in [-0.2, 0) is 4.79 Å². The molecule has 0 saturated heterocycles. The van der Waals surface area contributed by atoms with Crippen molar-refractivity contribution in [3.8, 4) is 16.8 Å². The largest absolute Gasteiger partial charge is 0.339 e. The van der Waals surface area contributed by atoms with Crippen LogP contribution in [0.4, 0.5) is 10.2 Å². The lowest BCUT2D eigenvalue weighted by Gasteiger charge is -2.18. The Morgan fingerprint density at radius 3 is 2.17 bits per heavy atom. The van der Waals surface area contributed by atoms with Crippen molar-refractivity contribution in [3.63, 3.8) is 0 Å². The minimum atomic E-state index is -0.335. The quantitative estimate of drug-likeness (QED) is 0.656. The summed E-state index contributed by atoms with van der Waals surface area (Å²) < 4.78 is 15.0. The molecule has 0 fully saturated rings. The molecule has 0 aliphatic heterocycles. The fraction of sp³-hybridized carbons (Fsp3) is 0.261. The van der Waals surface area contributed by atoms with E-state index in [2.05, 4.69) is 10.4 Å². The van der Waals surface area contributed by atoms with Gasteiger partial charge in [-0.05, 0) is 62.7 Å². The first-order valence-corrected chi connectivity index (χ1v) is 9.88. The van der Waals surface area contributed by atoms with Gasteiger partial charge in [-0.25, -0.2) is 9.07 Å². The molecule has 1 aromatic heterocycles. The highest BCUT2D eigenvalue weighted by molar-refractivity contribution is 5.95. The van der Waals surface area contributed by atoms with Crippen LogP contribution in [0, 0.1) is 12.7 Å². The first-order chi connectivity index (χ1) is 14.3. The third-order valence-electron chi connectivity index (χ3n) is 4.90. The molecule has 0 radical (unpaired) electrons. The van der Waals surface area contributed by atoms with E-state index >= 15 is 0 Å². The molecule has 0 atom stereocenters. The van der Waals surface area contributed by atoms with E-state index < -0.39 is 0 Å². The van der Waals surface area contributed by atoms with Crippen molar-refractivity contribution < 1.29 is 14.0 Å². The van der Waals surface area contributed by atoms with Crippen LogP contribution in [-0.4, -0.2) is 39.6 Å². The van der Waals surface area contributed by atoms with E-state index in [-0.39, 0.29) is 17.6 Å². The summed E-state index contributed by atoms with van der Waals surface area (Å²) in [6.07, 6.45) is 0. The number of anilines is 1. The number of aromatic nitrogens is 2. The molecule has 2 amide bonds. The lowest BCUT2D eigenvalue weighted by atomic mass is 10.1. The van der Waals surface area contributed by atoms with Crippen molar-refractivity contribution in [2.75, 3.05) is 18.4 Å². The second kappa shape index (κ2) is 8.90. The molecule has 1 heterocycles. The van der Waals surface area contributed by atoms with Gasteiger partial charge in [0.2, 0.25) is 5.91 Å². The van der Waals surface area contributed by atoms with E-state index in [4.69, 9.17) is 0 Å². The van der Waals surface area contributed by atoms with E-state index in [1.807, 2.05) is 20.8 Å². The lowest BCUT2D eigenvalue weighted by Crippen LogP contribution is -2.30. The van der Waals surface area contributed by atoms with Gasteiger partial charge in [0, 0.05) is 31.1 Å². The predicted octanol–water partition coefficient (Wildman–Crippen LogP) is 4.43. The number of benzene rings is 2. The smallest absolute Gasteiger partial charge is 0.253 e. The van der Waals surface area contributed by atoms with Gasteiger partial charge in [-0.1, -0.05) is 12.1 Å². The fourth-order valence-corrected chi connectivity index (χ4v) is 3.40. The Hall–Kier alpha value is -3.48. The summed E-state index contributed by atoms with van der Waals surface area (Å²) in [4.78, 5) is 26.2. The van der Waals surface area contributed by atoms with E-state index in [0.29, 0.717) is 41.4 Å². The molecular formula is C23H25FN4O2. The first kappa shape index (κ1) is 21.2. The Kier molecular flexibility index (Phi) is 6.30. The van der Waals surface area contributed by atoms with E-state index in [9.17, 15) is 14.0 Å². The van der Waals surface area contributed by atoms with Gasteiger partial charge < -0.3 is 10.2 Å². The molecule has 3 aromatic rings. The lowest BCUT2D eigenvalue weighted by molar-refractivity contribution is -0.114. The molecule has 6 nitrogen and oxygen atoms in total. The van der Waals surface area contributed by atoms with E-state index in [0.717, 1.165) is 5.56 Å². The first-order valence-electron chi connectivity index (χ1n) is 9.88. The summed E-state index contributed by atoms with van der Waals surface area (Å²) in [5.41, 5.74) is 3.44. The van der Waals surface area contributed by atoms with Crippen LogP contribution in [0.1, 0.15) is 36.8 Å². The van der Waals surface area contributed by atoms with Crippen molar-refractivity contribution in [2.24, 2.45) is 0 Å². The third-order valence-corrected chi connectivity index (χ3v) is 4.90. The number of nitrogens with zero attached hydrogens (tertiary/aromatic N) is 3. The van der Waals surface area contributed by atoms with Gasteiger partial charge in [0.05, 0.1) is 11.4 Å². The molecule has 0 aliphatic carbocycles. The molecule has 2 aromatic carbocycles. The summed E-state index contributed by atoms with van der Waals surface area (Å²) in [6.45, 7) is 8.43. The highest BCUT2D eigenvalue weighted by Gasteiger charge is 2.20. The fourth-order valence-electron chi connectivity index (χ4n) is 3.40. The van der Waals surface area contributed by atoms with Gasteiger partial charge >= 0.3 is 0 Å². The number of carbonyl (C=O) groups excluding carboxylic acids is 2. The van der Waals surface area contributed by atoms with Crippen molar-refractivity contribution >= 4 is 17.6 Å². The number of amides is 2. The van der Waals surface area contributed by atoms with Gasteiger partial charge in [0.25, 0.3) is 5.91 Å². The second-order valence-corrected chi connectivity index (χ2v) is 6.93. The third kappa shape index (κ3) is 4.25. The van der Waals surface area contributed by atoms with E-state index in [1.54, 1.807) is 46.0 Å². The van der Waals surface area contributed by atoms with Crippen molar-refractivity contribution in [1.29, 1.82) is 0 Å². The zero-order valence-electron chi connectivity index (χ0n) is 17.6. The predicted molar refractivity (Wildman–Crippen MR) is 115 cm³/mol. The maximum atomic E-state index is 13.4. The van der Waals surface area contributed by atoms with Crippen molar-refractivity contribution in [2.45, 2.75) is 27.7 Å². The molecule has 156 valence electrons. The summed E-state index contributed by atoms with van der Waals surface area (Å²) in [7, 11) is 0. The van der Waals surface area contributed by atoms with Crippen LogP contribution in [0.15, 0.2) is 48.5 Å². The number of halogens is 1. The van der Waals surface area contributed by atoms with Gasteiger partial charge in [0.1, 0.15) is 11.6 Å². The Bertz CT molecular complexity index is 1050. The minimum Gasteiger partial charge on any atom is -0.339 e. The monoisotopic (exact) mass is 408 g/mol. The Morgan fingerprint density at radius 2 is 1.63 bits per heavy atom. The summed E-state index contributed by atoms with van der Waals surface area (Å²) in [6, 6.07) is 13.1. The van der Waals surface area contributed by atoms with Crippen molar-refractivity contribution in [1.82, 2.24) is 14.7 Å². The average Bonchev–Trinajstić information content (AvgIpc) is 3.05. The maximum absolute atomic E-state index is 13.4. The molecule has 0 bridgehead atoms. The highest BCUT2D eigenvalue weighted by Crippen LogP contribution is 2.33. The van der Waals surface area contributed by atoms with Gasteiger partial charge in [-0.15, -0.1) is 0 Å². The Labute approximate surface area is 175 Å². The molecule has 0 unspecified atom stereocenters. The summed E-state index contributed by atoms with van der Waals surface area (Å²) in [5, 5.41) is 7.43. The normalized spacial score (nSPS) is 10.7. The molecule has 1 N–H and O–H groups in total. The van der Waals surface area contributed by atoms with Crippen molar-refractivity contribution in [3.05, 3.63) is 65.6 Å². The number of rotatable bonds is 6. The van der Waals surface area contributed by atoms with Crippen LogP contribution >= 0.6 is 0 Å². The zero-order valence-corrected chi connectivity index (χ0v) is 17.6. The Morgan fingerprint density at radius 1 is 1.03 bits per heavy atom. The number of hydrogen-bond acceptors (Lipinski definition) is 3. The summed E-state index contributed by atoms with van der Waals surface area (Å²) in [5.74, 6) is -0.113. The van der Waals surface area contributed by atoms with Gasteiger partial charge in [-0.2, -0.15) is 5.10 Å².